The van der Waals surface area contributed by atoms with Crippen molar-refractivity contribution in [1.29, 1.82) is 10.5 Å². The third-order valence-corrected chi connectivity index (χ3v) is 9.62. The summed E-state index contributed by atoms with van der Waals surface area (Å²) in [6.07, 6.45) is 0. The molecule has 2 aromatic heterocycles. The second-order valence-electron chi connectivity index (χ2n) is 12.2. The van der Waals surface area contributed by atoms with Gasteiger partial charge in [-0.15, -0.1) is 0 Å². The van der Waals surface area contributed by atoms with E-state index < -0.39 is 0 Å². The number of nitriles is 2. The largest absolute Gasteiger partial charge is 0.309 e. The van der Waals surface area contributed by atoms with Crippen molar-refractivity contribution in [3.05, 3.63) is 174 Å². The zero-order valence-electron chi connectivity index (χ0n) is 26.7. The van der Waals surface area contributed by atoms with Crippen molar-refractivity contribution >= 4 is 49.3 Å². The van der Waals surface area contributed by atoms with Gasteiger partial charge in [0.1, 0.15) is 0 Å². The van der Waals surface area contributed by atoms with E-state index in [4.69, 9.17) is 6.57 Å². The molecule has 2 heterocycles. The van der Waals surface area contributed by atoms with Crippen LogP contribution in [-0.4, -0.2) is 9.13 Å². The number of benzene rings is 7. The van der Waals surface area contributed by atoms with Crippen molar-refractivity contribution in [1.82, 2.24) is 9.13 Å². The number of hydrogen-bond acceptors (Lipinski definition) is 2. The van der Waals surface area contributed by atoms with Crippen LogP contribution in [0.3, 0.4) is 0 Å². The van der Waals surface area contributed by atoms with Crippen LogP contribution in [0.1, 0.15) is 11.1 Å². The lowest BCUT2D eigenvalue weighted by atomic mass is 9.91. The molecule has 50 heavy (non-hydrogen) atoms. The Morgan fingerprint density at radius 2 is 0.980 bits per heavy atom. The van der Waals surface area contributed by atoms with Gasteiger partial charge in [-0.3, -0.25) is 0 Å². The summed E-state index contributed by atoms with van der Waals surface area (Å²) in [5.74, 6) is 0. The first-order valence-corrected chi connectivity index (χ1v) is 16.3. The Hall–Kier alpha value is -7.39. The summed E-state index contributed by atoms with van der Waals surface area (Å²) in [5.41, 5.74) is 10.6. The Balaban J connectivity index is 1.33. The van der Waals surface area contributed by atoms with Gasteiger partial charge in [-0.1, -0.05) is 97.1 Å². The molecule has 0 aliphatic rings. The van der Waals surface area contributed by atoms with Crippen molar-refractivity contribution < 1.29 is 0 Å². The highest BCUT2D eigenvalue weighted by Gasteiger charge is 2.22. The fourth-order valence-electron chi connectivity index (χ4n) is 7.51. The van der Waals surface area contributed by atoms with Gasteiger partial charge in [-0.05, 0) is 71.3 Å². The van der Waals surface area contributed by atoms with Gasteiger partial charge in [0.2, 0.25) is 5.69 Å². The highest BCUT2D eigenvalue weighted by molar-refractivity contribution is 6.11. The Labute approximate surface area is 288 Å². The molecule has 0 bridgehead atoms. The zero-order valence-corrected chi connectivity index (χ0v) is 26.7. The van der Waals surface area contributed by atoms with E-state index in [0.29, 0.717) is 22.4 Å². The van der Waals surface area contributed by atoms with Gasteiger partial charge in [0, 0.05) is 32.8 Å². The molecule has 0 N–H and O–H groups in total. The van der Waals surface area contributed by atoms with Crippen LogP contribution in [0.15, 0.2) is 152 Å². The lowest BCUT2D eigenvalue weighted by Crippen LogP contribution is -1.99. The second-order valence-corrected chi connectivity index (χ2v) is 12.2. The molecule has 0 spiro atoms. The summed E-state index contributed by atoms with van der Waals surface area (Å²) in [6.45, 7) is 8.27. The van der Waals surface area contributed by atoms with E-state index >= 15 is 0 Å². The van der Waals surface area contributed by atoms with E-state index in [1.54, 1.807) is 6.07 Å². The molecule has 0 saturated carbocycles. The molecular formula is C45H25N5. The predicted molar refractivity (Wildman–Crippen MR) is 202 cm³/mol. The molecule has 7 aromatic carbocycles. The molecule has 5 nitrogen and oxygen atoms in total. The van der Waals surface area contributed by atoms with Crippen molar-refractivity contribution in [3.63, 3.8) is 0 Å². The first-order chi connectivity index (χ1) is 24.7. The fraction of sp³-hybridized carbons (Fsp3) is 0. The van der Waals surface area contributed by atoms with E-state index in [1.165, 1.54) is 10.8 Å². The molecule has 9 aromatic rings. The molecule has 0 unspecified atom stereocenters. The number of nitrogens with zero attached hydrogens (tertiary/aromatic N) is 5. The van der Waals surface area contributed by atoms with Crippen LogP contribution in [0, 0.1) is 29.2 Å². The van der Waals surface area contributed by atoms with Gasteiger partial charge in [-0.25, -0.2) is 4.85 Å². The molecule has 230 valence electrons. The van der Waals surface area contributed by atoms with Crippen LogP contribution in [0.25, 0.3) is 82.1 Å². The molecule has 0 radical (unpaired) electrons. The Morgan fingerprint density at radius 3 is 1.60 bits per heavy atom. The highest BCUT2D eigenvalue weighted by Crippen LogP contribution is 2.44. The highest BCUT2D eigenvalue weighted by atomic mass is 15.0. The lowest BCUT2D eigenvalue weighted by molar-refractivity contribution is 1.18. The lowest BCUT2D eigenvalue weighted by Gasteiger charge is -2.19. The fourth-order valence-corrected chi connectivity index (χ4v) is 7.51. The summed E-state index contributed by atoms with van der Waals surface area (Å²) in [6, 6.07) is 55.6. The summed E-state index contributed by atoms with van der Waals surface area (Å²) in [5, 5.41) is 24.4. The second kappa shape index (κ2) is 11.4. The molecule has 0 amide bonds. The van der Waals surface area contributed by atoms with E-state index in [9.17, 15) is 10.5 Å². The minimum Gasteiger partial charge on any atom is -0.309 e. The first-order valence-electron chi connectivity index (χ1n) is 16.3. The summed E-state index contributed by atoms with van der Waals surface area (Å²) >= 11 is 0. The monoisotopic (exact) mass is 635 g/mol. The zero-order chi connectivity index (χ0) is 33.8. The maximum absolute atomic E-state index is 10.5. The molecule has 0 aliphatic heterocycles. The van der Waals surface area contributed by atoms with Gasteiger partial charge < -0.3 is 9.13 Å². The predicted octanol–water partition coefficient (Wildman–Crippen LogP) is 11.5. The van der Waals surface area contributed by atoms with Crippen LogP contribution in [0.5, 0.6) is 0 Å². The summed E-state index contributed by atoms with van der Waals surface area (Å²) in [4.78, 5) is 3.95. The maximum Gasteiger partial charge on any atom is 0.212 e. The topological polar surface area (TPSA) is 61.8 Å². The van der Waals surface area contributed by atoms with Crippen LogP contribution in [0.2, 0.25) is 0 Å². The number of rotatable bonds is 4. The maximum atomic E-state index is 10.5. The average molecular weight is 636 g/mol. The quantitative estimate of drug-likeness (QED) is 0.181. The van der Waals surface area contributed by atoms with Crippen LogP contribution in [-0.2, 0) is 0 Å². The molecule has 5 heteroatoms. The van der Waals surface area contributed by atoms with Crippen molar-refractivity contribution in [2.24, 2.45) is 0 Å². The van der Waals surface area contributed by atoms with Crippen molar-refractivity contribution in [2.75, 3.05) is 0 Å². The van der Waals surface area contributed by atoms with Gasteiger partial charge in [0.05, 0.1) is 57.6 Å². The molecule has 0 fully saturated rings. The van der Waals surface area contributed by atoms with E-state index in [-0.39, 0.29) is 0 Å². The first kappa shape index (κ1) is 28.8. The summed E-state index contributed by atoms with van der Waals surface area (Å²) < 4.78 is 4.44. The molecule has 9 rings (SSSR count). The van der Waals surface area contributed by atoms with Gasteiger partial charge >= 0.3 is 0 Å². The third kappa shape index (κ3) is 4.24. The van der Waals surface area contributed by atoms with Gasteiger partial charge in [-0.2, -0.15) is 10.5 Å². The smallest absolute Gasteiger partial charge is 0.212 e. The minimum absolute atomic E-state index is 0.303. The van der Waals surface area contributed by atoms with Gasteiger partial charge in [0.25, 0.3) is 0 Å². The van der Waals surface area contributed by atoms with E-state index in [1.807, 2.05) is 66.7 Å². The van der Waals surface area contributed by atoms with Crippen LogP contribution >= 0.6 is 0 Å². The number of fused-ring (bicyclic) bond motifs is 6. The van der Waals surface area contributed by atoms with Crippen LogP contribution in [0.4, 0.5) is 5.69 Å². The standard InChI is InChI=1S/C45H25N5/c1-48-45-30(28-47)25-31(49-40-18-8-7-17-37(40)38-24-29(27-46)22-23-44(38)49)26-39(45)33-13-3-2-12-32(33)34-14-4-9-19-41(34)50-42-20-10-5-15-35(42)36-16-6-11-21-43(36)50/h2-26H. The SMILES string of the molecule is [C-]#[N+]c1c(C#N)cc(-n2c3ccccc3c3cc(C#N)ccc32)cc1-c1ccccc1-c1ccccc1-n1c2ccccc2c2ccccc21. The van der Waals surface area contributed by atoms with Gasteiger partial charge in [0.15, 0.2) is 0 Å². The molecule has 0 saturated heterocycles. The minimum atomic E-state index is 0.303. The molecule has 0 atom stereocenters. The Kier molecular flexibility index (Phi) is 6.56. The van der Waals surface area contributed by atoms with Crippen molar-refractivity contribution in [3.8, 4) is 45.8 Å². The molecule has 0 aliphatic carbocycles. The van der Waals surface area contributed by atoms with E-state index in [0.717, 1.165) is 60.9 Å². The van der Waals surface area contributed by atoms with Crippen molar-refractivity contribution in [2.45, 2.75) is 0 Å². The number of aromatic nitrogens is 2. The number of hydrogen-bond donors (Lipinski definition) is 0. The normalized spacial score (nSPS) is 11.1. The number of para-hydroxylation sites is 4. The van der Waals surface area contributed by atoms with E-state index in [2.05, 4.69) is 105 Å². The Morgan fingerprint density at radius 1 is 0.460 bits per heavy atom. The average Bonchev–Trinajstić information content (AvgIpc) is 3.70. The molecular weight excluding hydrogens is 611 g/mol. The third-order valence-electron chi connectivity index (χ3n) is 9.62. The Bertz CT molecular complexity index is 2920. The van der Waals surface area contributed by atoms with Crippen LogP contribution < -0.4 is 0 Å². The summed E-state index contributed by atoms with van der Waals surface area (Å²) in [7, 11) is 0.